The maximum atomic E-state index is 5.35. The molecule has 1 aliphatic rings. The molecule has 0 radical (unpaired) electrons. The van der Waals surface area contributed by atoms with Gasteiger partial charge in [-0.25, -0.2) is 0 Å². The van der Waals surface area contributed by atoms with Crippen LogP contribution in [0.4, 0.5) is 0 Å². The predicted molar refractivity (Wildman–Crippen MR) is 47.1 cm³/mol. The van der Waals surface area contributed by atoms with Gasteiger partial charge in [-0.3, -0.25) is 11.3 Å². The van der Waals surface area contributed by atoms with E-state index in [1.165, 1.54) is 25.7 Å². The SMILES string of the molecule is CN(C)C1(CNN)CCCC1. The molecule has 66 valence electrons. The van der Waals surface area contributed by atoms with Crippen LogP contribution in [0.5, 0.6) is 0 Å². The minimum absolute atomic E-state index is 0.342. The Kier molecular flexibility index (Phi) is 2.87. The molecule has 0 unspecified atom stereocenters. The van der Waals surface area contributed by atoms with Crippen molar-refractivity contribution in [2.24, 2.45) is 5.84 Å². The first kappa shape index (κ1) is 8.97. The van der Waals surface area contributed by atoms with Gasteiger partial charge in [-0.1, -0.05) is 12.8 Å². The lowest BCUT2D eigenvalue weighted by Gasteiger charge is -2.35. The van der Waals surface area contributed by atoms with Crippen LogP contribution in [0.1, 0.15) is 25.7 Å². The van der Waals surface area contributed by atoms with Gasteiger partial charge in [0, 0.05) is 12.1 Å². The summed E-state index contributed by atoms with van der Waals surface area (Å²) in [5.74, 6) is 5.35. The van der Waals surface area contributed by atoms with Gasteiger partial charge in [-0.2, -0.15) is 0 Å². The number of hydrazine groups is 1. The van der Waals surface area contributed by atoms with Crippen LogP contribution in [0, 0.1) is 0 Å². The fourth-order valence-corrected chi connectivity index (χ4v) is 2.01. The molecular formula is C8H19N3. The van der Waals surface area contributed by atoms with E-state index in [4.69, 9.17) is 5.84 Å². The molecule has 3 heteroatoms. The summed E-state index contributed by atoms with van der Waals surface area (Å²) in [5, 5.41) is 0. The number of rotatable bonds is 3. The Balaban J connectivity index is 2.55. The molecule has 0 heterocycles. The first-order valence-corrected chi connectivity index (χ1v) is 4.32. The minimum atomic E-state index is 0.342. The zero-order valence-electron chi connectivity index (χ0n) is 7.56. The van der Waals surface area contributed by atoms with E-state index in [1.807, 2.05) is 0 Å². The third-order valence-electron chi connectivity index (χ3n) is 2.91. The largest absolute Gasteiger partial charge is 0.302 e. The molecule has 0 amide bonds. The fourth-order valence-electron chi connectivity index (χ4n) is 2.01. The van der Waals surface area contributed by atoms with Gasteiger partial charge in [0.25, 0.3) is 0 Å². The Morgan fingerprint density at radius 2 is 1.91 bits per heavy atom. The second-order valence-corrected chi connectivity index (χ2v) is 3.71. The highest BCUT2D eigenvalue weighted by Crippen LogP contribution is 2.32. The Hall–Kier alpha value is -0.120. The molecule has 1 saturated carbocycles. The summed E-state index contributed by atoms with van der Waals surface area (Å²) in [6.45, 7) is 0.917. The van der Waals surface area contributed by atoms with Crippen LogP contribution >= 0.6 is 0 Å². The standard InChI is InChI=1S/C8H19N3/c1-11(2)8(7-10-9)5-3-4-6-8/h10H,3-7,9H2,1-2H3. The summed E-state index contributed by atoms with van der Waals surface area (Å²) >= 11 is 0. The molecule has 0 aliphatic heterocycles. The molecule has 0 saturated heterocycles. The van der Waals surface area contributed by atoms with E-state index in [2.05, 4.69) is 24.4 Å². The van der Waals surface area contributed by atoms with Gasteiger partial charge in [0.05, 0.1) is 0 Å². The third kappa shape index (κ3) is 1.72. The second kappa shape index (κ2) is 3.52. The van der Waals surface area contributed by atoms with Gasteiger partial charge in [0.2, 0.25) is 0 Å². The first-order chi connectivity index (χ1) is 5.21. The monoisotopic (exact) mass is 157 g/mol. The second-order valence-electron chi connectivity index (χ2n) is 3.71. The van der Waals surface area contributed by atoms with Crippen molar-refractivity contribution in [2.45, 2.75) is 31.2 Å². The molecule has 1 fully saturated rings. The molecule has 0 bridgehead atoms. The smallest absolute Gasteiger partial charge is 0.0341 e. The zero-order chi connectivity index (χ0) is 8.32. The van der Waals surface area contributed by atoms with Crippen molar-refractivity contribution < 1.29 is 0 Å². The maximum Gasteiger partial charge on any atom is 0.0341 e. The molecule has 11 heavy (non-hydrogen) atoms. The first-order valence-electron chi connectivity index (χ1n) is 4.32. The Labute approximate surface area is 68.9 Å². The van der Waals surface area contributed by atoms with E-state index >= 15 is 0 Å². The average molecular weight is 157 g/mol. The molecule has 3 N–H and O–H groups in total. The summed E-state index contributed by atoms with van der Waals surface area (Å²) in [6, 6.07) is 0. The van der Waals surface area contributed by atoms with E-state index < -0.39 is 0 Å². The van der Waals surface area contributed by atoms with E-state index in [0.29, 0.717) is 5.54 Å². The van der Waals surface area contributed by atoms with E-state index in [0.717, 1.165) is 6.54 Å². The molecule has 0 atom stereocenters. The lowest BCUT2D eigenvalue weighted by Crippen LogP contribution is -2.51. The fraction of sp³-hybridized carbons (Fsp3) is 1.00. The van der Waals surface area contributed by atoms with E-state index in [1.54, 1.807) is 0 Å². The zero-order valence-corrected chi connectivity index (χ0v) is 7.56. The van der Waals surface area contributed by atoms with Crippen molar-refractivity contribution in [1.29, 1.82) is 0 Å². The Morgan fingerprint density at radius 3 is 2.27 bits per heavy atom. The molecule has 0 aromatic rings. The van der Waals surface area contributed by atoms with Gasteiger partial charge in [0.15, 0.2) is 0 Å². The van der Waals surface area contributed by atoms with Crippen molar-refractivity contribution in [3.8, 4) is 0 Å². The lowest BCUT2D eigenvalue weighted by molar-refractivity contribution is 0.154. The Morgan fingerprint density at radius 1 is 1.36 bits per heavy atom. The van der Waals surface area contributed by atoms with Crippen molar-refractivity contribution in [2.75, 3.05) is 20.6 Å². The highest BCUT2D eigenvalue weighted by Gasteiger charge is 2.34. The highest BCUT2D eigenvalue weighted by atomic mass is 15.3. The van der Waals surface area contributed by atoms with Crippen molar-refractivity contribution in [3.05, 3.63) is 0 Å². The summed E-state index contributed by atoms with van der Waals surface area (Å²) in [6.07, 6.45) is 5.26. The highest BCUT2D eigenvalue weighted by molar-refractivity contribution is 4.93. The normalized spacial score (nSPS) is 22.9. The molecule has 0 aromatic carbocycles. The third-order valence-corrected chi connectivity index (χ3v) is 2.91. The van der Waals surface area contributed by atoms with Crippen LogP contribution in [-0.2, 0) is 0 Å². The number of hydrogen-bond acceptors (Lipinski definition) is 3. The lowest BCUT2D eigenvalue weighted by atomic mass is 9.96. The van der Waals surface area contributed by atoms with E-state index in [-0.39, 0.29) is 0 Å². The quantitative estimate of drug-likeness (QED) is 0.458. The average Bonchev–Trinajstić information content (AvgIpc) is 2.38. The van der Waals surface area contributed by atoms with Crippen LogP contribution in [0.25, 0.3) is 0 Å². The number of nitrogens with one attached hydrogen (secondary N) is 1. The topological polar surface area (TPSA) is 41.3 Å². The summed E-state index contributed by atoms with van der Waals surface area (Å²) < 4.78 is 0. The van der Waals surface area contributed by atoms with Crippen molar-refractivity contribution in [3.63, 3.8) is 0 Å². The molecule has 1 aliphatic carbocycles. The van der Waals surface area contributed by atoms with Crippen LogP contribution in [0.2, 0.25) is 0 Å². The van der Waals surface area contributed by atoms with Gasteiger partial charge in [-0.15, -0.1) is 0 Å². The van der Waals surface area contributed by atoms with Crippen LogP contribution < -0.4 is 11.3 Å². The number of nitrogens with zero attached hydrogens (tertiary/aromatic N) is 1. The van der Waals surface area contributed by atoms with Gasteiger partial charge in [-0.05, 0) is 26.9 Å². The van der Waals surface area contributed by atoms with Gasteiger partial charge in [0.1, 0.15) is 0 Å². The van der Waals surface area contributed by atoms with Crippen molar-refractivity contribution in [1.82, 2.24) is 10.3 Å². The van der Waals surface area contributed by atoms with Crippen LogP contribution in [-0.4, -0.2) is 31.1 Å². The Bertz CT molecular complexity index is 117. The van der Waals surface area contributed by atoms with Crippen LogP contribution in [0.3, 0.4) is 0 Å². The molecule has 3 nitrogen and oxygen atoms in total. The van der Waals surface area contributed by atoms with E-state index in [9.17, 15) is 0 Å². The molecular weight excluding hydrogens is 138 g/mol. The number of likely N-dealkylation sites (N-methyl/N-ethyl adjacent to an activating group) is 1. The van der Waals surface area contributed by atoms with Gasteiger partial charge < -0.3 is 4.90 Å². The summed E-state index contributed by atoms with van der Waals surface area (Å²) in [4.78, 5) is 2.31. The molecule has 0 aromatic heterocycles. The van der Waals surface area contributed by atoms with Crippen molar-refractivity contribution >= 4 is 0 Å². The summed E-state index contributed by atoms with van der Waals surface area (Å²) in [7, 11) is 4.28. The number of nitrogens with two attached hydrogens (primary N) is 1. The predicted octanol–water partition coefficient (Wildman–Crippen LogP) is 0.324. The van der Waals surface area contributed by atoms with Gasteiger partial charge >= 0.3 is 0 Å². The number of hydrogen-bond donors (Lipinski definition) is 2. The van der Waals surface area contributed by atoms with Crippen LogP contribution in [0.15, 0.2) is 0 Å². The maximum absolute atomic E-state index is 5.35. The molecule has 0 spiro atoms. The minimum Gasteiger partial charge on any atom is -0.302 e. The summed E-state index contributed by atoms with van der Waals surface area (Å²) in [5.41, 5.74) is 3.13. The molecule has 1 rings (SSSR count).